The van der Waals surface area contributed by atoms with Gasteiger partial charge in [-0.1, -0.05) is 48.6 Å². The van der Waals surface area contributed by atoms with Gasteiger partial charge in [0.05, 0.1) is 11.7 Å². The molecule has 0 radical (unpaired) electrons. The summed E-state index contributed by atoms with van der Waals surface area (Å²) in [7, 11) is -3.44. The number of fused-ring (bicyclic) bond motifs is 5. The maximum Gasteiger partial charge on any atom is 0.299 e. The minimum absolute atomic E-state index is 0.134. The van der Waals surface area contributed by atoms with Gasteiger partial charge >= 0.3 is 0 Å². The summed E-state index contributed by atoms with van der Waals surface area (Å²) < 4.78 is 28.9. The molecule has 3 aliphatic rings. The van der Waals surface area contributed by atoms with Gasteiger partial charge in [0, 0.05) is 5.92 Å². The topological polar surface area (TPSA) is 58.2 Å². The van der Waals surface area contributed by atoms with Crippen molar-refractivity contribution < 1.29 is 8.42 Å². The van der Waals surface area contributed by atoms with E-state index in [1.165, 1.54) is 5.56 Å². The molecule has 5 heteroatoms. The van der Waals surface area contributed by atoms with Gasteiger partial charge in [0.1, 0.15) is 0 Å². The van der Waals surface area contributed by atoms with Gasteiger partial charge in [-0.25, -0.2) is 0 Å². The van der Waals surface area contributed by atoms with Gasteiger partial charge in [-0.05, 0) is 16.7 Å². The standard InChI is InChI=1S/C14H12N2O2S/c17-19(18)15-13-11-7-3-1-5-9(11)10-6-2-4-8-12(10)14(13)16-19/h1-9,14-16H. The lowest BCUT2D eigenvalue weighted by Crippen LogP contribution is -2.24. The number of nitrogens with one attached hydrogen (secondary N) is 2. The summed E-state index contributed by atoms with van der Waals surface area (Å²) in [5.74, 6) is 0.134. The van der Waals surface area contributed by atoms with Crippen molar-refractivity contribution in [2.75, 3.05) is 0 Å². The Morgan fingerprint density at radius 3 is 2.68 bits per heavy atom. The number of hydrogen-bond acceptors (Lipinski definition) is 2. The molecule has 19 heavy (non-hydrogen) atoms. The SMILES string of the molecule is O=S1(=O)NC2=C3C=CC=CC3c3ccccc3C2N1. The third-order valence-electron chi connectivity index (χ3n) is 3.78. The monoisotopic (exact) mass is 272 g/mol. The molecular weight excluding hydrogens is 260 g/mol. The Morgan fingerprint density at radius 2 is 1.84 bits per heavy atom. The summed E-state index contributed by atoms with van der Waals surface area (Å²) in [5.41, 5.74) is 3.97. The van der Waals surface area contributed by atoms with E-state index in [0.29, 0.717) is 0 Å². The summed E-state index contributed by atoms with van der Waals surface area (Å²) in [6.45, 7) is 0. The third kappa shape index (κ3) is 1.52. The molecule has 0 amide bonds. The smallest absolute Gasteiger partial charge is 0.273 e. The Kier molecular flexibility index (Phi) is 2.08. The summed E-state index contributed by atoms with van der Waals surface area (Å²) in [6.07, 6.45) is 8.03. The summed E-state index contributed by atoms with van der Waals surface area (Å²) in [4.78, 5) is 0. The van der Waals surface area contributed by atoms with Crippen LogP contribution in [0.1, 0.15) is 23.1 Å². The maximum absolute atomic E-state index is 11.8. The summed E-state index contributed by atoms with van der Waals surface area (Å²) in [6, 6.07) is 7.69. The first-order valence-electron chi connectivity index (χ1n) is 6.13. The molecule has 2 N–H and O–H groups in total. The van der Waals surface area contributed by atoms with Crippen LogP contribution >= 0.6 is 0 Å². The van der Waals surface area contributed by atoms with Crippen LogP contribution in [-0.2, 0) is 10.2 Å². The van der Waals surface area contributed by atoms with Crippen molar-refractivity contribution in [1.29, 1.82) is 0 Å². The minimum atomic E-state index is -3.44. The van der Waals surface area contributed by atoms with Gasteiger partial charge in [0.15, 0.2) is 0 Å². The molecule has 0 spiro atoms. The first-order chi connectivity index (χ1) is 9.16. The summed E-state index contributed by atoms with van der Waals surface area (Å²) in [5, 5.41) is 0. The zero-order valence-electron chi connectivity index (χ0n) is 10.00. The van der Waals surface area contributed by atoms with E-state index < -0.39 is 10.2 Å². The predicted octanol–water partition coefficient (Wildman–Crippen LogP) is 1.64. The van der Waals surface area contributed by atoms with E-state index in [-0.39, 0.29) is 12.0 Å². The van der Waals surface area contributed by atoms with Crippen LogP contribution in [0.4, 0.5) is 0 Å². The van der Waals surface area contributed by atoms with Gasteiger partial charge in [0.2, 0.25) is 0 Å². The highest BCUT2D eigenvalue weighted by atomic mass is 32.2. The fraction of sp³-hybridized carbons (Fsp3) is 0.143. The molecule has 1 aromatic carbocycles. The molecule has 4 rings (SSSR count). The van der Waals surface area contributed by atoms with Gasteiger partial charge < -0.3 is 0 Å². The van der Waals surface area contributed by atoms with Gasteiger partial charge in [-0.3, -0.25) is 4.72 Å². The number of benzene rings is 1. The maximum atomic E-state index is 11.8. The van der Waals surface area contributed by atoms with E-state index in [1.54, 1.807) is 0 Å². The lowest BCUT2D eigenvalue weighted by Gasteiger charge is -2.30. The van der Waals surface area contributed by atoms with Crippen molar-refractivity contribution in [1.82, 2.24) is 9.44 Å². The molecule has 0 saturated carbocycles. The van der Waals surface area contributed by atoms with Crippen LogP contribution in [0.2, 0.25) is 0 Å². The summed E-state index contributed by atoms with van der Waals surface area (Å²) >= 11 is 0. The van der Waals surface area contributed by atoms with E-state index >= 15 is 0 Å². The first-order valence-corrected chi connectivity index (χ1v) is 7.62. The first kappa shape index (κ1) is 11.0. The van der Waals surface area contributed by atoms with Crippen LogP contribution in [0.5, 0.6) is 0 Å². The fourth-order valence-corrected chi connectivity index (χ4v) is 4.16. The van der Waals surface area contributed by atoms with Crippen molar-refractivity contribution in [3.05, 3.63) is 71.0 Å². The molecule has 1 aromatic rings. The fourth-order valence-electron chi connectivity index (χ4n) is 3.02. The Morgan fingerprint density at radius 1 is 1.05 bits per heavy atom. The van der Waals surface area contributed by atoms with Gasteiger partial charge in [-0.2, -0.15) is 13.1 Å². The van der Waals surface area contributed by atoms with Crippen molar-refractivity contribution >= 4 is 10.2 Å². The van der Waals surface area contributed by atoms with Gasteiger partial charge in [-0.15, -0.1) is 0 Å². The Labute approximate surface area is 111 Å². The normalized spacial score (nSPS) is 29.5. The highest BCUT2D eigenvalue weighted by Crippen LogP contribution is 2.45. The number of hydrogen-bond donors (Lipinski definition) is 2. The highest BCUT2D eigenvalue weighted by molar-refractivity contribution is 7.88. The molecule has 2 unspecified atom stereocenters. The predicted molar refractivity (Wildman–Crippen MR) is 72.4 cm³/mol. The Hall–Kier alpha value is -1.85. The quantitative estimate of drug-likeness (QED) is 0.754. The van der Waals surface area contributed by atoms with Crippen LogP contribution < -0.4 is 9.44 Å². The highest BCUT2D eigenvalue weighted by Gasteiger charge is 2.40. The Bertz CT molecular complexity index is 759. The lowest BCUT2D eigenvalue weighted by molar-refractivity contribution is 0.583. The second-order valence-corrected chi connectivity index (χ2v) is 6.32. The second-order valence-electron chi connectivity index (χ2n) is 4.88. The molecule has 2 atom stereocenters. The lowest BCUT2D eigenvalue weighted by atomic mass is 9.76. The molecule has 0 aromatic heterocycles. The molecule has 1 aliphatic heterocycles. The van der Waals surface area contributed by atoms with Crippen molar-refractivity contribution in [2.24, 2.45) is 0 Å². The molecule has 96 valence electrons. The van der Waals surface area contributed by atoms with Crippen LogP contribution in [0.25, 0.3) is 0 Å². The van der Waals surface area contributed by atoms with Gasteiger partial charge in [0.25, 0.3) is 10.2 Å². The van der Waals surface area contributed by atoms with E-state index in [2.05, 4.69) is 21.6 Å². The molecule has 2 aliphatic carbocycles. The molecule has 1 heterocycles. The van der Waals surface area contributed by atoms with Crippen molar-refractivity contribution in [3.63, 3.8) is 0 Å². The van der Waals surface area contributed by atoms with E-state index in [1.807, 2.05) is 36.4 Å². The largest absolute Gasteiger partial charge is 0.299 e. The number of allylic oxidation sites excluding steroid dienone is 5. The second kappa shape index (κ2) is 3.59. The molecule has 1 saturated heterocycles. The van der Waals surface area contributed by atoms with E-state index in [0.717, 1.165) is 16.8 Å². The average molecular weight is 272 g/mol. The number of rotatable bonds is 0. The zero-order chi connectivity index (χ0) is 13.0. The Balaban J connectivity index is 2.01. The van der Waals surface area contributed by atoms with Crippen LogP contribution in [0.15, 0.2) is 59.8 Å². The van der Waals surface area contributed by atoms with Crippen LogP contribution in [0, 0.1) is 0 Å². The van der Waals surface area contributed by atoms with Crippen LogP contribution in [0.3, 0.4) is 0 Å². The zero-order valence-corrected chi connectivity index (χ0v) is 10.8. The van der Waals surface area contributed by atoms with E-state index in [4.69, 9.17) is 0 Å². The average Bonchev–Trinajstić information content (AvgIpc) is 2.75. The molecule has 1 fully saturated rings. The minimum Gasteiger partial charge on any atom is -0.273 e. The van der Waals surface area contributed by atoms with E-state index in [9.17, 15) is 8.42 Å². The molecule has 0 bridgehead atoms. The van der Waals surface area contributed by atoms with Crippen molar-refractivity contribution in [2.45, 2.75) is 12.0 Å². The third-order valence-corrected chi connectivity index (χ3v) is 4.82. The van der Waals surface area contributed by atoms with Crippen LogP contribution in [-0.4, -0.2) is 8.42 Å². The molecular formula is C14H12N2O2S. The molecule has 4 nitrogen and oxygen atoms in total. The van der Waals surface area contributed by atoms with Crippen molar-refractivity contribution in [3.8, 4) is 0 Å².